The standard InChI is InChI=1S/C24H30N8O6/c1-13(20(26)33)17(30-21-19(37-3)15(6-9-28-21)16(25)11-29-27)10-18(31-22(34)14-4-5-14)32(2)12-38-23(35)24(36)7-8-24/h6,9-11,14,25,36H,1,4-5,7-8,12,27H2,2-3H3,(H2,26,33)(H,31,34)/b18-10-,25-16?,29-11-,30-17?. The molecule has 0 unspecified atom stereocenters. The summed E-state index contributed by atoms with van der Waals surface area (Å²) in [4.78, 5) is 46.7. The first-order chi connectivity index (χ1) is 18.0. The predicted molar refractivity (Wildman–Crippen MR) is 138 cm³/mol. The van der Waals surface area contributed by atoms with Crippen LogP contribution in [0.25, 0.3) is 0 Å². The molecule has 38 heavy (non-hydrogen) atoms. The summed E-state index contributed by atoms with van der Waals surface area (Å²) in [6.45, 7) is 3.38. The van der Waals surface area contributed by atoms with Crippen LogP contribution in [0.4, 0.5) is 5.82 Å². The molecule has 0 bridgehead atoms. The van der Waals surface area contributed by atoms with Gasteiger partial charge >= 0.3 is 5.97 Å². The molecule has 0 aliphatic heterocycles. The average molecular weight is 527 g/mol. The molecule has 7 N–H and O–H groups in total. The van der Waals surface area contributed by atoms with Crippen LogP contribution in [0.1, 0.15) is 31.2 Å². The Morgan fingerprint density at radius 1 is 1.39 bits per heavy atom. The van der Waals surface area contributed by atoms with E-state index in [4.69, 9.17) is 26.5 Å². The van der Waals surface area contributed by atoms with Crippen molar-refractivity contribution < 1.29 is 29.0 Å². The second kappa shape index (κ2) is 11.6. The number of esters is 1. The number of carbonyl (C=O) groups excluding carboxylic acids is 3. The van der Waals surface area contributed by atoms with E-state index < -0.39 is 17.5 Å². The van der Waals surface area contributed by atoms with Gasteiger partial charge < -0.3 is 36.4 Å². The normalized spacial score (nSPS) is 16.5. The fraction of sp³-hybridized carbons (Fsp3) is 0.375. The van der Waals surface area contributed by atoms with E-state index in [9.17, 15) is 19.5 Å². The van der Waals surface area contributed by atoms with Crippen LogP contribution >= 0.6 is 0 Å². The second-order valence-electron chi connectivity index (χ2n) is 8.83. The lowest BCUT2D eigenvalue weighted by Crippen LogP contribution is -2.38. The molecule has 2 amide bonds. The number of carbonyl (C=O) groups is 3. The Morgan fingerprint density at radius 2 is 2.08 bits per heavy atom. The molecule has 2 aliphatic rings. The molecule has 14 heteroatoms. The van der Waals surface area contributed by atoms with Crippen molar-refractivity contribution in [1.82, 2.24) is 15.2 Å². The zero-order valence-electron chi connectivity index (χ0n) is 21.1. The maximum absolute atomic E-state index is 12.6. The molecule has 1 aromatic heterocycles. The van der Waals surface area contributed by atoms with Crippen LogP contribution < -0.4 is 21.6 Å². The molecule has 1 heterocycles. The Bertz CT molecular complexity index is 1250. The highest BCUT2D eigenvalue weighted by molar-refractivity contribution is 6.37. The molecule has 0 spiro atoms. The van der Waals surface area contributed by atoms with Crippen molar-refractivity contribution >= 4 is 41.2 Å². The van der Waals surface area contributed by atoms with Gasteiger partial charge in [-0.15, -0.1) is 0 Å². The first-order valence-electron chi connectivity index (χ1n) is 11.6. The van der Waals surface area contributed by atoms with Gasteiger partial charge in [-0.1, -0.05) is 6.58 Å². The minimum absolute atomic E-state index is 0.0215. The third kappa shape index (κ3) is 6.79. The third-order valence-electron chi connectivity index (χ3n) is 5.79. The van der Waals surface area contributed by atoms with E-state index in [1.54, 1.807) is 0 Å². The number of ether oxygens (including phenoxy) is 2. The van der Waals surface area contributed by atoms with Crippen LogP contribution in [-0.4, -0.2) is 76.9 Å². The molecule has 0 aromatic carbocycles. The highest BCUT2D eigenvalue weighted by atomic mass is 16.6. The van der Waals surface area contributed by atoms with Gasteiger partial charge in [0.25, 0.3) is 0 Å². The number of allylic oxidation sites excluding steroid dienone is 1. The summed E-state index contributed by atoms with van der Waals surface area (Å²) in [6.07, 6.45) is 5.89. The molecule has 2 saturated carbocycles. The van der Waals surface area contributed by atoms with Crippen LogP contribution in [0.3, 0.4) is 0 Å². The number of aliphatic hydroxyl groups is 1. The minimum Gasteiger partial charge on any atom is -0.492 e. The van der Waals surface area contributed by atoms with E-state index in [0.29, 0.717) is 12.8 Å². The summed E-state index contributed by atoms with van der Waals surface area (Å²) in [6, 6.07) is 1.50. The summed E-state index contributed by atoms with van der Waals surface area (Å²) in [7, 11) is 2.88. The molecular weight excluding hydrogens is 496 g/mol. The molecule has 202 valence electrons. The third-order valence-corrected chi connectivity index (χ3v) is 5.79. The van der Waals surface area contributed by atoms with E-state index in [1.165, 1.54) is 37.4 Å². The largest absolute Gasteiger partial charge is 0.492 e. The number of methoxy groups -OCH3 is 1. The van der Waals surface area contributed by atoms with Crippen molar-refractivity contribution in [3.05, 3.63) is 41.9 Å². The zero-order chi connectivity index (χ0) is 28.0. The second-order valence-corrected chi connectivity index (χ2v) is 8.83. The average Bonchev–Trinajstić information content (AvgIpc) is 3.82. The van der Waals surface area contributed by atoms with Crippen molar-refractivity contribution in [2.24, 2.45) is 27.6 Å². The number of nitrogens with zero attached hydrogens (tertiary/aromatic N) is 4. The summed E-state index contributed by atoms with van der Waals surface area (Å²) in [5.41, 5.74) is 3.90. The first kappa shape index (κ1) is 28.0. The van der Waals surface area contributed by atoms with E-state index in [1.807, 2.05) is 0 Å². The van der Waals surface area contributed by atoms with Crippen molar-refractivity contribution in [3.63, 3.8) is 0 Å². The van der Waals surface area contributed by atoms with E-state index in [0.717, 1.165) is 19.1 Å². The van der Waals surface area contributed by atoms with Gasteiger partial charge in [0.2, 0.25) is 11.8 Å². The maximum Gasteiger partial charge on any atom is 0.339 e. The summed E-state index contributed by atoms with van der Waals surface area (Å²) >= 11 is 0. The number of hydrazone groups is 1. The van der Waals surface area contributed by atoms with E-state index in [-0.39, 0.29) is 58.5 Å². The van der Waals surface area contributed by atoms with Gasteiger partial charge in [-0.05, 0) is 31.7 Å². The fourth-order valence-electron chi connectivity index (χ4n) is 3.13. The zero-order valence-corrected chi connectivity index (χ0v) is 21.1. The number of rotatable bonds is 13. The molecule has 14 nitrogen and oxygen atoms in total. The Balaban J connectivity index is 2.03. The van der Waals surface area contributed by atoms with Crippen LogP contribution in [-0.2, 0) is 19.1 Å². The molecule has 3 rings (SSSR count). The monoisotopic (exact) mass is 526 g/mol. The van der Waals surface area contributed by atoms with Crippen LogP contribution in [0.2, 0.25) is 0 Å². The molecular formula is C24H30N8O6. The molecule has 0 saturated heterocycles. The summed E-state index contributed by atoms with van der Waals surface area (Å²) < 4.78 is 10.6. The number of nitrogens with two attached hydrogens (primary N) is 2. The van der Waals surface area contributed by atoms with Crippen molar-refractivity contribution in [2.45, 2.75) is 31.3 Å². The van der Waals surface area contributed by atoms with Crippen molar-refractivity contribution in [2.75, 3.05) is 20.9 Å². The lowest BCUT2D eigenvalue weighted by molar-refractivity contribution is -0.159. The van der Waals surface area contributed by atoms with E-state index >= 15 is 0 Å². The number of nitrogens with one attached hydrogen (secondary N) is 2. The Morgan fingerprint density at radius 3 is 2.63 bits per heavy atom. The molecule has 2 fully saturated rings. The molecule has 0 radical (unpaired) electrons. The highest BCUT2D eigenvalue weighted by Crippen LogP contribution is 2.36. The van der Waals surface area contributed by atoms with Gasteiger partial charge in [0.1, 0.15) is 5.82 Å². The van der Waals surface area contributed by atoms with Gasteiger partial charge in [0.15, 0.2) is 23.9 Å². The first-order valence-corrected chi connectivity index (χ1v) is 11.6. The Hall–Kier alpha value is -4.59. The van der Waals surface area contributed by atoms with Gasteiger partial charge in [-0.25, -0.2) is 14.8 Å². The van der Waals surface area contributed by atoms with Gasteiger partial charge in [0.05, 0.1) is 30.3 Å². The quantitative estimate of drug-likeness (QED) is 0.0575. The molecule has 1 aromatic rings. The highest BCUT2D eigenvalue weighted by Gasteiger charge is 2.49. The smallest absolute Gasteiger partial charge is 0.339 e. The van der Waals surface area contributed by atoms with Gasteiger partial charge in [-0.3, -0.25) is 15.0 Å². The van der Waals surface area contributed by atoms with Crippen molar-refractivity contribution in [1.29, 1.82) is 5.41 Å². The number of primary amides is 1. The number of pyridine rings is 1. The van der Waals surface area contributed by atoms with Gasteiger partial charge in [-0.2, -0.15) is 5.10 Å². The predicted octanol–water partition coefficient (Wildman–Crippen LogP) is -0.158. The Labute approximate surface area is 218 Å². The molecule has 0 atom stereocenters. The fourth-order valence-corrected chi connectivity index (χ4v) is 3.13. The number of amides is 2. The number of hydrogen-bond donors (Lipinski definition) is 5. The number of aliphatic imine (C=N–C) groups is 1. The van der Waals surface area contributed by atoms with Crippen molar-refractivity contribution in [3.8, 4) is 5.75 Å². The lowest BCUT2D eigenvalue weighted by atomic mass is 10.1. The topological polar surface area (TPSA) is 219 Å². The Kier molecular flexibility index (Phi) is 8.57. The van der Waals surface area contributed by atoms with Crippen LogP contribution in [0.15, 0.2) is 46.4 Å². The SMILES string of the molecule is C=C(C(N)=O)C(/C=C(/NC(=O)C1CC1)N(C)COC(=O)C1(O)CC1)=Nc1nccc(C(=N)/C=N\N)c1OC. The van der Waals surface area contributed by atoms with E-state index in [2.05, 4.69) is 27.0 Å². The van der Waals surface area contributed by atoms with Crippen LogP contribution in [0, 0.1) is 11.3 Å². The number of hydrogen-bond acceptors (Lipinski definition) is 12. The summed E-state index contributed by atoms with van der Waals surface area (Å²) in [5, 5.41) is 24.2. The lowest BCUT2D eigenvalue weighted by Gasteiger charge is -2.24. The summed E-state index contributed by atoms with van der Waals surface area (Å²) in [5.74, 6) is 3.23. The van der Waals surface area contributed by atoms with Crippen LogP contribution in [0.5, 0.6) is 5.75 Å². The molecule has 2 aliphatic carbocycles. The van der Waals surface area contributed by atoms with Gasteiger partial charge in [0, 0.05) is 30.8 Å². The number of aromatic nitrogens is 1. The minimum atomic E-state index is -1.48. The maximum atomic E-state index is 12.6.